The van der Waals surface area contributed by atoms with Crippen molar-refractivity contribution in [2.24, 2.45) is 5.92 Å². The van der Waals surface area contributed by atoms with E-state index < -0.39 is 5.97 Å². The van der Waals surface area contributed by atoms with Gasteiger partial charge in [0.1, 0.15) is 0 Å². The zero-order chi connectivity index (χ0) is 17.0. The molecule has 0 spiro atoms. The number of anilines is 1. The summed E-state index contributed by atoms with van der Waals surface area (Å²) in [6.07, 6.45) is 1.84. The summed E-state index contributed by atoms with van der Waals surface area (Å²) in [5.74, 6) is -1.50. The van der Waals surface area contributed by atoms with Crippen molar-refractivity contribution in [3.8, 4) is 0 Å². The van der Waals surface area contributed by atoms with E-state index in [-0.39, 0.29) is 29.6 Å². The van der Waals surface area contributed by atoms with Crippen molar-refractivity contribution >= 4 is 33.5 Å². The molecule has 1 aromatic rings. The monoisotopic (exact) mass is 385 g/mol. The molecule has 1 fully saturated rings. The number of hydrogen-bond donors (Lipinski definition) is 2. The van der Waals surface area contributed by atoms with Crippen LogP contribution in [0.4, 0.5) is 5.69 Å². The Hall–Kier alpha value is -1.44. The summed E-state index contributed by atoms with van der Waals surface area (Å²) >= 11 is 3.23. The normalized spacial score (nSPS) is 24.2. The van der Waals surface area contributed by atoms with Gasteiger partial charge in [0.15, 0.2) is 0 Å². The molecule has 126 valence electrons. The molecule has 0 bridgehead atoms. The summed E-state index contributed by atoms with van der Waals surface area (Å²) in [4.78, 5) is 23.8. The van der Waals surface area contributed by atoms with Gasteiger partial charge in [-0.05, 0) is 37.5 Å². The molecule has 2 rings (SSSR count). The highest BCUT2D eigenvalue weighted by Crippen LogP contribution is 2.30. The van der Waals surface area contributed by atoms with E-state index in [0.29, 0.717) is 23.0 Å². The summed E-state index contributed by atoms with van der Waals surface area (Å²) in [5, 5.41) is 12.0. The maximum atomic E-state index is 12.5. The molecule has 0 aromatic heterocycles. The summed E-state index contributed by atoms with van der Waals surface area (Å²) < 4.78 is 11.4. The molecular weight excluding hydrogens is 366 g/mol. The minimum atomic E-state index is -1.08. The molecule has 2 N–H and O–H groups in total. The van der Waals surface area contributed by atoms with Gasteiger partial charge in [0.05, 0.1) is 23.5 Å². The van der Waals surface area contributed by atoms with E-state index >= 15 is 0 Å². The average molecular weight is 386 g/mol. The molecule has 3 unspecified atom stereocenters. The Kier molecular flexibility index (Phi) is 6.15. The van der Waals surface area contributed by atoms with Gasteiger partial charge in [0.25, 0.3) is 0 Å². The fraction of sp³-hybridized carbons (Fsp3) is 0.500. The number of rotatable bonds is 5. The van der Waals surface area contributed by atoms with Crippen molar-refractivity contribution in [2.45, 2.75) is 31.5 Å². The molecular formula is C16H20BrNO5. The van der Waals surface area contributed by atoms with Crippen molar-refractivity contribution < 1.29 is 24.2 Å². The van der Waals surface area contributed by atoms with Crippen LogP contribution in [0.5, 0.6) is 0 Å². The number of carbonyl (C=O) groups is 2. The number of benzene rings is 1. The number of halogens is 1. The van der Waals surface area contributed by atoms with Crippen LogP contribution < -0.4 is 5.32 Å². The third-order valence-electron chi connectivity index (χ3n) is 4.18. The number of nitrogens with one attached hydrogen (secondary N) is 1. The molecule has 1 aromatic carbocycles. The van der Waals surface area contributed by atoms with Crippen molar-refractivity contribution in [3.05, 3.63) is 28.2 Å². The molecule has 0 aliphatic heterocycles. The van der Waals surface area contributed by atoms with Gasteiger partial charge in [-0.1, -0.05) is 15.9 Å². The summed E-state index contributed by atoms with van der Waals surface area (Å²) in [5.41, 5.74) is 0.357. The maximum absolute atomic E-state index is 12.5. The standard InChI is InChI=1S/C16H20BrNO5/c1-22-13-6-3-9(7-14(13)23-2)15(19)18-12-5-4-10(17)8-11(12)16(20)21/h4-5,8-9,13-14H,3,6-7H2,1-2H3,(H,18,19)(H,20,21). The highest BCUT2D eigenvalue weighted by Gasteiger charge is 2.34. The van der Waals surface area contributed by atoms with Crippen molar-refractivity contribution in [1.29, 1.82) is 0 Å². The Morgan fingerprint density at radius 3 is 2.52 bits per heavy atom. The second kappa shape index (κ2) is 7.90. The topological polar surface area (TPSA) is 84.9 Å². The van der Waals surface area contributed by atoms with E-state index in [4.69, 9.17) is 9.47 Å². The Morgan fingerprint density at radius 1 is 1.22 bits per heavy atom. The molecule has 1 amide bonds. The van der Waals surface area contributed by atoms with Gasteiger partial charge in [-0.2, -0.15) is 0 Å². The second-order valence-corrected chi connectivity index (χ2v) is 6.46. The van der Waals surface area contributed by atoms with Crippen molar-refractivity contribution in [2.75, 3.05) is 19.5 Å². The van der Waals surface area contributed by atoms with Crippen molar-refractivity contribution in [3.63, 3.8) is 0 Å². The SMILES string of the molecule is COC1CCC(C(=O)Nc2ccc(Br)cc2C(=O)O)CC1OC. The molecule has 0 saturated heterocycles. The lowest BCUT2D eigenvalue weighted by molar-refractivity contribution is -0.126. The number of aromatic carboxylic acids is 1. The first-order valence-corrected chi connectivity index (χ1v) is 8.14. The van der Waals surface area contributed by atoms with E-state index in [1.165, 1.54) is 6.07 Å². The van der Waals surface area contributed by atoms with Crippen molar-refractivity contribution in [1.82, 2.24) is 0 Å². The number of carboxylic acids is 1. The minimum Gasteiger partial charge on any atom is -0.478 e. The molecule has 23 heavy (non-hydrogen) atoms. The number of hydrogen-bond acceptors (Lipinski definition) is 4. The Bertz CT molecular complexity index is 592. The van der Waals surface area contributed by atoms with Crippen LogP contribution in [-0.4, -0.2) is 43.4 Å². The fourth-order valence-corrected chi connectivity index (χ4v) is 3.26. The minimum absolute atomic E-state index is 0.00805. The predicted octanol–water partition coefficient (Wildman–Crippen LogP) is 2.92. The van der Waals surface area contributed by atoms with Gasteiger partial charge in [-0.25, -0.2) is 4.79 Å². The molecule has 1 saturated carbocycles. The zero-order valence-electron chi connectivity index (χ0n) is 13.0. The predicted molar refractivity (Wildman–Crippen MR) is 88.7 cm³/mol. The molecule has 0 heterocycles. The summed E-state index contributed by atoms with van der Waals surface area (Å²) in [6, 6.07) is 4.75. The van der Waals surface area contributed by atoms with E-state index in [9.17, 15) is 14.7 Å². The highest BCUT2D eigenvalue weighted by molar-refractivity contribution is 9.10. The van der Waals surface area contributed by atoms with Crippen LogP contribution in [0, 0.1) is 5.92 Å². The molecule has 7 heteroatoms. The van der Waals surface area contributed by atoms with E-state index in [0.717, 1.165) is 6.42 Å². The number of carboxylic acid groups (broad SMARTS) is 1. The third-order valence-corrected chi connectivity index (χ3v) is 4.67. The van der Waals surface area contributed by atoms with Crippen LogP contribution in [0.25, 0.3) is 0 Å². The zero-order valence-corrected chi connectivity index (χ0v) is 14.6. The van der Waals surface area contributed by atoms with Gasteiger partial charge < -0.3 is 19.9 Å². The second-order valence-electron chi connectivity index (χ2n) is 5.54. The third kappa shape index (κ3) is 4.31. The largest absolute Gasteiger partial charge is 0.478 e. The first-order valence-electron chi connectivity index (χ1n) is 7.35. The lowest BCUT2D eigenvalue weighted by Crippen LogP contribution is -2.40. The van der Waals surface area contributed by atoms with Gasteiger partial charge in [0, 0.05) is 24.6 Å². The molecule has 3 atom stereocenters. The van der Waals surface area contributed by atoms with Gasteiger partial charge >= 0.3 is 5.97 Å². The smallest absolute Gasteiger partial charge is 0.337 e. The van der Waals surface area contributed by atoms with Gasteiger partial charge in [-0.3, -0.25) is 4.79 Å². The van der Waals surface area contributed by atoms with Crippen LogP contribution in [0.3, 0.4) is 0 Å². The number of amides is 1. The van der Waals surface area contributed by atoms with Crippen LogP contribution in [0.1, 0.15) is 29.6 Å². The summed E-state index contributed by atoms with van der Waals surface area (Å²) in [7, 11) is 3.24. The number of ether oxygens (including phenoxy) is 2. The van der Waals surface area contributed by atoms with E-state index in [1.54, 1.807) is 26.4 Å². The first-order chi connectivity index (χ1) is 11.0. The van der Waals surface area contributed by atoms with Crippen LogP contribution in [-0.2, 0) is 14.3 Å². The van der Waals surface area contributed by atoms with E-state index in [1.807, 2.05) is 0 Å². The van der Waals surface area contributed by atoms with Crippen LogP contribution >= 0.6 is 15.9 Å². The maximum Gasteiger partial charge on any atom is 0.337 e. The quantitative estimate of drug-likeness (QED) is 0.813. The van der Waals surface area contributed by atoms with E-state index in [2.05, 4.69) is 21.2 Å². The lowest BCUT2D eigenvalue weighted by Gasteiger charge is -2.33. The lowest BCUT2D eigenvalue weighted by atomic mass is 9.84. The van der Waals surface area contributed by atoms with Crippen LogP contribution in [0.2, 0.25) is 0 Å². The van der Waals surface area contributed by atoms with Gasteiger partial charge in [-0.15, -0.1) is 0 Å². The Morgan fingerprint density at radius 2 is 1.91 bits per heavy atom. The Balaban J connectivity index is 2.09. The fourth-order valence-electron chi connectivity index (χ4n) is 2.89. The van der Waals surface area contributed by atoms with Crippen LogP contribution in [0.15, 0.2) is 22.7 Å². The highest BCUT2D eigenvalue weighted by atomic mass is 79.9. The number of carbonyl (C=O) groups excluding carboxylic acids is 1. The molecule has 1 aliphatic rings. The first kappa shape index (κ1) is 17.9. The van der Waals surface area contributed by atoms with Gasteiger partial charge in [0.2, 0.25) is 5.91 Å². The molecule has 6 nitrogen and oxygen atoms in total. The Labute approximate surface area is 143 Å². The molecule has 0 radical (unpaired) electrons. The average Bonchev–Trinajstić information content (AvgIpc) is 2.55. The number of methoxy groups -OCH3 is 2. The molecule has 1 aliphatic carbocycles. The summed E-state index contributed by atoms with van der Waals surface area (Å²) in [6.45, 7) is 0.